The first-order valence-electron chi connectivity index (χ1n) is 9.43. The van der Waals surface area contributed by atoms with Crippen LogP contribution < -0.4 is 20.1 Å². The number of nitrogens with zero attached hydrogens (tertiary/aromatic N) is 4. The zero-order valence-electron chi connectivity index (χ0n) is 17.3. The number of carbonyl (C=O) groups is 1. The topological polar surface area (TPSA) is 103 Å². The maximum absolute atomic E-state index is 12.1. The molecule has 2 N–H and O–H groups in total. The summed E-state index contributed by atoms with van der Waals surface area (Å²) in [6.07, 6.45) is 2.06. The number of aryl methyl sites for hydroxylation is 1. The van der Waals surface area contributed by atoms with Gasteiger partial charge in [0.15, 0.2) is 18.1 Å². The summed E-state index contributed by atoms with van der Waals surface area (Å²) in [4.78, 5) is 12.1. The van der Waals surface area contributed by atoms with Crippen LogP contribution in [0.3, 0.4) is 0 Å². The van der Waals surface area contributed by atoms with Crippen molar-refractivity contribution < 1.29 is 14.3 Å². The number of carbonyl (C=O) groups excluding carboxylic acids is 1. The lowest BCUT2D eigenvalue weighted by Crippen LogP contribution is -2.43. The van der Waals surface area contributed by atoms with Crippen LogP contribution in [0.1, 0.15) is 46.1 Å². The molecule has 9 nitrogen and oxygen atoms in total. The smallest absolute Gasteiger partial charge is 0.258 e. The number of hydrogen-bond acceptors (Lipinski definition) is 7. The van der Waals surface area contributed by atoms with Crippen molar-refractivity contribution in [2.75, 3.05) is 19.0 Å². The average Bonchev–Trinajstić information content (AvgIpc) is 3.08. The van der Waals surface area contributed by atoms with Crippen LogP contribution in [0.15, 0.2) is 18.2 Å². The van der Waals surface area contributed by atoms with Gasteiger partial charge >= 0.3 is 0 Å². The fourth-order valence-electron chi connectivity index (χ4n) is 2.58. The Balaban J connectivity index is 2.08. The number of rotatable bonds is 10. The van der Waals surface area contributed by atoms with Crippen LogP contribution in [-0.2, 0) is 17.9 Å². The minimum atomic E-state index is -0.318. The van der Waals surface area contributed by atoms with Gasteiger partial charge in [-0.2, -0.15) is 0 Å². The summed E-state index contributed by atoms with van der Waals surface area (Å²) in [6.45, 7) is 8.97. The van der Waals surface area contributed by atoms with Gasteiger partial charge in [-0.05, 0) is 43.7 Å². The minimum Gasteiger partial charge on any atom is -0.493 e. The highest BCUT2D eigenvalue weighted by molar-refractivity contribution is 5.78. The first kappa shape index (κ1) is 21.5. The monoisotopic (exact) mass is 390 g/mol. The largest absolute Gasteiger partial charge is 0.493 e. The molecule has 0 spiro atoms. The zero-order valence-corrected chi connectivity index (χ0v) is 17.3. The van der Waals surface area contributed by atoms with Crippen molar-refractivity contribution >= 4 is 11.9 Å². The van der Waals surface area contributed by atoms with Gasteiger partial charge in [-0.15, -0.1) is 0 Å². The third kappa shape index (κ3) is 6.40. The Bertz CT molecular complexity index is 769. The highest BCUT2D eigenvalue weighted by atomic mass is 16.5. The van der Waals surface area contributed by atoms with E-state index in [4.69, 9.17) is 9.47 Å². The lowest BCUT2D eigenvalue weighted by Gasteiger charge is -2.21. The average molecular weight is 390 g/mol. The molecule has 0 aliphatic carbocycles. The summed E-state index contributed by atoms with van der Waals surface area (Å²) in [5.74, 6) is 1.48. The van der Waals surface area contributed by atoms with Gasteiger partial charge in [-0.1, -0.05) is 30.6 Å². The van der Waals surface area contributed by atoms with Crippen molar-refractivity contribution in [3.05, 3.63) is 23.8 Å². The molecule has 0 aliphatic rings. The van der Waals surface area contributed by atoms with E-state index < -0.39 is 0 Å². The van der Waals surface area contributed by atoms with E-state index in [1.165, 1.54) is 0 Å². The first-order chi connectivity index (χ1) is 13.3. The SMILES string of the molecule is CCCCn1nnnc1NCc1cccc(OC)c1OCC(=O)NC(C)(C)C. The molecule has 2 aromatic rings. The second-order valence-electron chi connectivity index (χ2n) is 7.47. The van der Waals surface area contributed by atoms with Crippen molar-refractivity contribution in [3.8, 4) is 11.5 Å². The van der Waals surface area contributed by atoms with E-state index in [1.54, 1.807) is 17.9 Å². The van der Waals surface area contributed by atoms with Gasteiger partial charge in [0.05, 0.1) is 7.11 Å². The molecule has 0 saturated heterocycles. The molecule has 0 radical (unpaired) electrons. The van der Waals surface area contributed by atoms with E-state index >= 15 is 0 Å². The predicted octanol–water partition coefficient (Wildman–Crippen LogP) is 2.39. The zero-order chi connectivity index (χ0) is 20.6. The quantitative estimate of drug-likeness (QED) is 0.642. The summed E-state index contributed by atoms with van der Waals surface area (Å²) in [6, 6.07) is 5.58. The maximum Gasteiger partial charge on any atom is 0.258 e. The number of benzene rings is 1. The van der Waals surface area contributed by atoms with Crippen LogP contribution in [-0.4, -0.2) is 45.4 Å². The molecule has 154 valence electrons. The molecule has 0 fully saturated rings. The van der Waals surface area contributed by atoms with Crippen LogP contribution in [0.5, 0.6) is 11.5 Å². The number of anilines is 1. The van der Waals surface area contributed by atoms with Crippen molar-refractivity contribution in [1.82, 2.24) is 25.5 Å². The number of hydrogen-bond donors (Lipinski definition) is 2. The Morgan fingerprint density at radius 3 is 2.75 bits per heavy atom. The molecule has 9 heteroatoms. The lowest BCUT2D eigenvalue weighted by molar-refractivity contribution is -0.124. The Morgan fingerprint density at radius 1 is 1.29 bits per heavy atom. The number of aromatic nitrogens is 4. The second kappa shape index (κ2) is 9.91. The molecule has 1 aromatic carbocycles. The molecule has 28 heavy (non-hydrogen) atoms. The number of ether oxygens (including phenoxy) is 2. The van der Waals surface area contributed by atoms with Crippen LogP contribution >= 0.6 is 0 Å². The molecular formula is C19H30N6O3. The standard InChI is InChI=1S/C19H30N6O3/c1-6-7-11-25-18(22-23-24-25)20-12-14-9-8-10-15(27-5)17(14)28-13-16(26)21-19(2,3)4/h8-10H,6-7,11-13H2,1-5H3,(H,21,26)(H,20,22,24). The van der Waals surface area contributed by atoms with Crippen LogP contribution in [0, 0.1) is 0 Å². The second-order valence-corrected chi connectivity index (χ2v) is 7.47. The molecule has 1 aromatic heterocycles. The van der Waals surface area contributed by atoms with Crippen LogP contribution in [0.25, 0.3) is 0 Å². The number of nitrogens with one attached hydrogen (secondary N) is 2. The molecule has 1 amide bonds. The van der Waals surface area contributed by atoms with Crippen LogP contribution in [0.2, 0.25) is 0 Å². The Labute approximate surface area is 165 Å². The maximum atomic E-state index is 12.1. The summed E-state index contributed by atoms with van der Waals surface area (Å²) >= 11 is 0. The van der Waals surface area contributed by atoms with Crippen LogP contribution in [0.4, 0.5) is 5.95 Å². The Morgan fingerprint density at radius 2 is 2.07 bits per heavy atom. The molecule has 0 aliphatic heterocycles. The highest BCUT2D eigenvalue weighted by Crippen LogP contribution is 2.31. The number of para-hydroxylation sites is 1. The number of unbranched alkanes of at least 4 members (excludes halogenated alkanes) is 1. The number of amides is 1. The third-order valence-corrected chi connectivity index (χ3v) is 3.83. The van der Waals surface area contributed by atoms with Crippen molar-refractivity contribution in [3.63, 3.8) is 0 Å². The lowest BCUT2D eigenvalue weighted by atomic mass is 10.1. The summed E-state index contributed by atoms with van der Waals surface area (Å²) in [5, 5.41) is 17.9. The van der Waals surface area contributed by atoms with Gasteiger partial charge in [0.1, 0.15) is 0 Å². The number of methoxy groups -OCH3 is 1. The molecule has 0 saturated carbocycles. The van der Waals surface area contributed by atoms with E-state index in [9.17, 15) is 4.79 Å². The molecule has 0 unspecified atom stereocenters. The molecular weight excluding hydrogens is 360 g/mol. The molecule has 2 rings (SSSR count). The molecule has 0 atom stereocenters. The fourth-order valence-corrected chi connectivity index (χ4v) is 2.58. The summed E-state index contributed by atoms with van der Waals surface area (Å²) in [5.41, 5.74) is 0.522. The van der Waals surface area contributed by atoms with Gasteiger partial charge in [0.25, 0.3) is 5.91 Å². The molecule has 0 bridgehead atoms. The number of tetrazole rings is 1. The predicted molar refractivity (Wildman–Crippen MR) is 106 cm³/mol. The first-order valence-corrected chi connectivity index (χ1v) is 9.43. The molecule has 1 heterocycles. The van der Waals surface area contributed by atoms with E-state index in [0.717, 1.165) is 24.9 Å². The van der Waals surface area contributed by atoms with E-state index in [-0.39, 0.29) is 18.1 Å². The van der Waals surface area contributed by atoms with Gasteiger partial charge in [0, 0.05) is 24.2 Å². The summed E-state index contributed by atoms with van der Waals surface area (Å²) in [7, 11) is 1.57. The van der Waals surface area contributed by atoms with Gasteiger partial charge in [-0.25, -0.2) is 4.68 Å². The summed E-state index contributed by atoms with van der Waals surface area (Å²) < 4.78 is 12.9. The minimum absolute atomic E-state index is 0.0983. The van der Waals surface area contributed by atoms with E-state index in [1.807, 2.05) is 32.9 Å². The van der Waals surface area contributed by atoms with Gasteiger partial charge in [0.2, 0.25) is 5.95 Å². The normalized spacial score (nSPS) is 11.2. The van der Waals surface area contributed by atoms with E-state index in [0.29, 0.717) is 24.0 Å². The Hall–Kier alpha value is -2.84. The van der Waals surface area contributed by atoms with E-state index in [2.05, 4.69) is 33.1 Å². The van der Waals surface area contributed by atoms with Gasteiger partial charge in [-0.3, -0.25) is 4.79 Å². The highest BCUT2D eigenvalue weighted by Gasteiger charge is 2.17. The third-order valence-electron chi connectivity index (χ3n) is 3.83. The van der Waals surface area contributed by atoms with Crippen molar-refractivity contribution in [1.29, 1.82) is 0 Å². The van der Waals surface area contributed by atoms with Gasteiger partial charge < -0.3 is 20.1 Å². The van der Waals surface area contributed by atoms with Crippen molar-refractivity contribution in [2.24, 2.45) is 0 Å². The Kier molecular flexibility index (Phi) is 7.60. The van der Waals surface area contributed by atoms with Crippen molar-refractivity contribution in [2.45, 2.75) is 59.2 Å². The fraction of sp³-hybridized carbons (Fsp3) is 0.579.